The normalized spacial score (nSPS) is 18.8. The van der Waals surface area contributed by atoms with Crippen molar-refractivity contribution in [3.8, 4) is 0 Å². The van der Waals surface area contributed by atoms with Gasteiger partial charge in [0, 0.05) is 37.9 Å². The predicted octanol–water partition coefficient (Wildman–Crippen LogP) is 1.50. The number of cyclic esters (lactones) is 1. The summed E-state index contributed by atoms with van der Waals surface area (Å²) in [6.45, 7) is 2.10. The number of carbonyl (C=O) groups excluding carboxylic acids is 1. The molecule has 0 aromatic carbocycles. The van der Waals surface area contributed by atoms with Gasteiger partial charge in [-0.3, -0.25) is 10.1 Å². The quantitative estimate of drug-likeness (QED) is 0.639. The molecule has 1 amide bonds. The molecule has 3 heterocycles. The van der Waals surface area contributed by atoms with Crippen LogP contribution in [-0.2, 0) is 4.74 Å². The molecule has 25 heavy (non-hydrogen) atoms. The molecule has 0 spiro atoms. The van der Waals surface area contributed by atoms with Crippen LogP contribution in [0.5, 0.6) is 0 Å². The van der Waals surface area contributed by atoms with Gasteiger partial charge in [-0.25, -0.2) is 14.6 Å². The zero-order chi connectivity index (χ0) is 18.0. The summed E-state index contributed by atoms with van der Waals surface area (Å²) in [5, 5.41) is 20.2. The third kappa shape index (κ3) is 3.47. The average molecular weight is 350 g/mol. The predicted molar refractivity (Wildman–Crippen MR) is 85.8 cm³/mol. The van der Waals surface area contributed by atoms with Crippen molar-refractivity contribution in [1.29, 1.82) is 0 Å². The highest BCUT2D eigenvalue weighted by Crippen LogP contribution is 2.30. The van der Waals surface area contributed by atoms with E-state index in [0.717, 1.165) is 18.7 Å². The molecule has 1 aromatic heterocycles. The first-order valence-corrected chi connectivity index (χ1v) is 8.03. The molecule has 134 valence electrons. The summed E-state index contributed by atoms with van der Waals surface area (Å²) in [6, 6.07) is 1.07. The van der Waals surface area contributed by atoms with E-state index >= 15 is 0 Å². The molecule has 0 saturated carbocycles. The summed E-state index contributed by atoms with van der Waals surface area (Å²) < 4.78 is 5.06. The number of hydrogen-bond acceptors (Lipinski definition) is 7. The van der Waals surface area contributed by atoms with Crippen LogP contribution in [-0.4, -0.2) is 64.3 Å². The number of carboxylic acid groups (broad SMARTS) is 1. The van der Waals surface area contributed by atoms with E-state index in [0.29, 0.717) is 39.1 Å². The molecule has 3 rings (SSSR count). The number of aromatic carboxylic acids is 1. The minimum Gasteiger partial charge on any atom is -0.478 e. The van der Waals surface area contributed by atoms with Gasteiger partial charge >= 0.3 is 17.7 Å². The van der Waals surface area contributed by atoms with E-state index in [9.17, 15) is 19.7 Å². The maximum absolute atomic E-state index is 11.8. The molecule has 0 unspecified atom stereocenters. The number of ether oxygens (including phenoxy) is 1. The van der Waals surface area contributed by atoms with E-state index in [1.54, 1.807) is 9.80 Å². The molecule has 2 fully saturated rings. The standard InChI is InChI=1S/C15H18N4O6/c20-14(21)10-8-12(19(23)24)13(16-9-10)17-5-2-11(3-6-17)18-4-1-7-25-15(18)22/h8-9,11H,1-7H2,(H,20,21). The molecule has 2 saturated heterocycles. The molecule has 10 heteroatoms. The molecule has 0 bridgehead atoms. The number of pyridine rings is 1. The summed E-state index contributed by atoms with van der Waals surface area (Å²) >= 11 is 0. The second-order valence-corrected chi connectivity index (χ2v) is 6.01. The fraction of sp³-hybridized carbons (Fsp3) is 0.533. The summed E-state index contributed by atoms with van der Waals surface area (Å²) in [6.07, 6.45) is 2.91. The van der Waals surface area contributed by atoms with E-state index in [1.165, 1.54) is 0 Å². The summed E-state index contributed by atoms with van der Waals surface area (Å²) in [5.41, 5.74) is -0.544. The number of hydrogen-bond donors (Lipinski definition) is 1. The number of carbonyl (C=O) groups is 2. The topological polar surface area (TPSA) is 126 Å². The van der Waals surface area contributed by atoms with Gasteiger partial charge in [-0.1, -0.05) is 0 Å². The van der Waals surface area contributed by atoms with Crippen molar-refractivity contribution < 1.29 is 24.4 Å². The zero-order valence-corrected chi connectivity index (χ0v) is 13.5. The Morgan fingerprint density at radius 1 is 1.36 bits per heavy atom. The van der Waals surface area contributed by atoms with Crippen molar-refractivity contribution in [3.63, 3.8) is 0 Å². The Hall–Kier alpha value is -2.91. The third-order valence-corrected chi connectivity index (χ3v) is 4.50. The van der Waals surface area contributed by atoms with Gasteiger partial charge in [-0.2, -0.15) is 0 Å². The SMILES string of the molecule is O=C(O)c1cnc(N2CCC(N3CCCOC3=O)CC2)c([N+](=O)[O-])c1. The lowest BCUT2D eigenvalue weighted by molar-refractivity contribution is -0.384. The van der Waals surface area contributed by atoms with E-state index < -0.39 is 10.9 Å². The maximum Gasteiger partial charge on any atom is 0.410 e. The summed E-state index contributed by atoms with van der Waals surface area (Å²) in [7, 11) is 0. The molecule has 0 atom stereocenters. The van der Waals surface area contributed by atoms with Crippen molar-refractivity contribution in [2.75, 3.05) is 31.1 Å². The van der Waals surface area contributed by atoms with Crippen LogP contribution in [0.2, 0.25) is 0 Å². The Balaban J connectivity index is 1.73. The molecular formula is C15H18N4O6. The Bertz CT molecular complexity index is 701. The Morgan fingerprint density at radius 3 is 2.68 bits per heavy atom. The van der Waals surface area contributed by atoms with E-state index in [-0.39, 0.29) is 29.2 Å². The minimum atomic E-state index is -1.26. The first-order chi connectivity index (χ1) is 12.0. The van der Waals surface area contributed by atoms with Crippen LogP contribution >= 0.6 is 0 Å². The zero-order valence-electron chi connectivity index (χ0n) is 13.5. The van der Waals surface area contributed by atoms with Crippen molar-refractivity contribution >= 4 is 23.6 Å². The fourth-order valence-electron chi connectivity index (χ4n) is 3.23. The van der Waals surface area contributed by atoms with Gasteiger partial charge in [0.2, 0.25) is 5.82 Å². The molecular weight excluding hydrogens is 332 g/mol. The van der Waals surface area contributed by atoms with Crippen LogP contribution in [0, 0.1) is 10.1 Å². The number of aromatic nitrogens is 1. The van der Waals surface area contributed by atoms with Gasteiger partial charge in [0.1, 0.15) is 0 Å². The smallest absolute Gasteiger partial charge is 0.410 e. The highest BCUT2D eigenvalue weighted by atomic mass is 16.6. The van der Waals surface area contributed by atoms with Crippen LogP contribution in [0.15, 0.2) is 12.3 Å². The Morgan fingerprint density at radius 2 is 2.08 bits per heavy atom. The van der Waals surface area contributed by atoms with Crippen molar-refractivity contribution in [2.24, 2.45) is 0 Å². The number of amides is 1. The number of piperidine rings is 1. The highest BCUT2D eigenvalue weighted by molar-refractivity contribution is 5.88. The molecule has 0 aliphatic carbocycles. The molecule has 1 aromatic rings. The Labute approximate surface area is 143 Å². The van der Waals surface area contributed by atoms with E-state index in [4.69, 9.17) is 9.84 Å². The third-order valence-electron chi connectivity index (χ3n) is 4.50. The number of carboxylic acids is 1. The minimum absolute atomic E-state index is 0.0430. The average Bonchev–Trinajstić information content (AvgIpc) is 2.61. The second kappa shape index (κ2) is 6.91. The van der Waals surface area contributed by atoms with Crippen molar-refractivity contribution in [3.05, 3.63) is 27.9 Å². The van der Waals surface area contributed by atoms with Gasteiger partial charge in [0.15, 0.2) is 0 Å². The van der Waals surface area contributed by atoms with E-state index in [2.05, 4.69) is 4.98 Å². The largest absolute Gasteiger partial charge is 0.478 e. The summed E-state index contributed by atoms with van der Waals surface area (Å²) in [5.74, 6) is -1.10. The van der Waals surface area contributed by atoms with Crippen LogP contribution in [0.4, 0.5) is 16.3 Å². The lowest BCUT2D eigenvalue weighted by Gasteiger charge is -2.39. The van der Waals surface area contributed by atoms with E-state index in [1.807, 2.05) is 0 Å². The highest BCUT2D eigenvalue weighted by Gasteiger charge is 2.33. The van der Waals surface area contributed by atoms with Gasteiger partial charge < -0.3 is 19.6 Å². The van der Waals surface area contributed by atoms with Crippen LogP contribution in [0.1, 0.15) is 29.6 Å². The Kier molecular flexibility index (Phi) is 4.68. The maximum atomic E-state index is 11.8. The van der Waals surface area contributed by atoms with Crippen molar-refractivity contribution in [2.45, 2.75) is 25.3 Å². The number of anilines is 1. The second-order valence-electron chi connectivity index (χ2n) is 6.01. The monoisotopic (exact) mass is 350 g/mol. The number of rotatable bonds is 4. The van der Waals surface area contributed by atoms with Crippen LogP contribution in [0.25, 0.3) is 0 Å². The summed E-state index contributed by atoms with van der Waals surface area (Å²) in [4.78, 5) is 40.9. The molecule has 10 nitrogen and oxygen atoms in total. The molecule has 2 aliphatic rings. The molecule has 0 radical (unpaired) electrons. The van der Waals surface area contributed by atoms with Crippen LogP contribution in [0.3, 0.4) is 0 Å². The first-order valence-electron chi connectivity index (χ1n) is 8.03. The molecule has 1 N–H and O–H groups in total. The first kappa shape index (κ1) is 16.9. The van der Waals surface area contributed by atoms with Gasteiger partial charge in [-0.15, -0.1) is 0 Å². The van der Waals surface area contributed by atoms with Crippen LogP contribution < -0.4 is 4.90 Å². The molecule has 2 aliphatic heterocycles. The lowest BCUT2D eigenvalue weighted by Crippen LogP contribution is -2.50. The van der Waals surface area contributed by atoms with Gasteiger partial charge in [0.25, 0.3) is 0 Å². The fourth-order valence-corrected chi connectivity index (χ4v) is 3.23. The van der Waals surface area contributed by atoms with Gasteiger partial charge in [0.05, 0.1) is 17.1 Å². The number of nitrogens with zero attached hydrogens (tertiary/aromatic N) is 4. The van der Waals surface area contributed by atoms with Crippen molar-refractivity contribution in [1.82, 2.24) is 9.88 Å². The van der Waals surface area contributed by atoms with Gasteiger partial charge in [-0.05, 0) is 19.3 Å². The lowest BCUT2D eigenvalue weighted by atomic mass is 10.0. The number of nitro groups is 1.